The second kappa shape index (κ2) is 3.60. The molecule has 0 bridgehead atoms. The predicted molar refractivity (Wildman–Crippen MR) is 36.1 cm³/mol. The van der Waals surface area contributed by atoms with Crippen molar-refractivity contribution in [3.8, 4) is 0 Å². The molecule has 0 aliphatic rings. The van der Waals surface area contributed by atoms with Crippen molar-refractivity contribution in [1.29, 1.82) is 0 Å². The lowest BCUT2D eigenvalue weighted by atomic mass is 9.69. The maximum Gasteiger partial charge on any atom is 0.135 e. The molecule has 0 rings (SSSR count). The van der Waals surface area contributed by atoms with Gasteiger partial charge in [-0.15, -0.1) is 0 Å². The molecule has 0 aromatic rings. The van der Waals surface area contributed by atoms with Gasteiger partial charge >= 0.3 is 0 Å². The van der Waals surface area contributed by atoms with Gasteiger partial charge in [-0.2, -0.15) is 12.6 Å². The highest BCUT2D eigenvalue weighted by Gasteiger charge is 1.89. The van der Waals surface area contributed by atoms with Crippen LogP contribution in [-0.2, 0) is 0 Å². The molecule has 0 aliphatic carbocycles. The molecular formula is C4H11BS. The van der Waals surface area contributed by atoms with Crippen molar-refractivity contribution in [2.24, 2.45) is 0 Å². The Morgan fingerprint density at radius 3 is 2.17 bits per heavy atom. The number of hydrogen-bond donors (Lipinski definition) is 1. The molecule has 0 aliphatic heterocycles. The third-order valence-electron chi connectivity index (χ3n) is 0.706. The Morgan fingerprint density at radius 1 is 1.67 bits per heavy atom. The minimum absolute atomic E-state index is 0.822. The van der Waals surface area contributed by atoms with Crippen LogP contribution in [0.4, 0.5) is 0 Å². The van der Waals surface area contributed by atoms with E-state index < -0.39 is 0 Å². The third kappa shape index (κ3) is 4.41. The van der Waals surface area contributed by atoms with Crippen molar-refractivity contribution < 1.29 is 0 Å². The van der Waals surface area contributed by atoms with Crippen LogP contribution in [0.2, 0.25) is 5.82 Å². The Morgan fingerprint density at radius 2 is 2.17 bits per heavy atom. The number of rotatable bonds is 2. The smallest absolute Gasteiger partial charge is 0.135 e. The Balaban J connectivity index is 2.63. The summed E-state index contributed by atoms with van der Waals surface area (Å²) < 4.78 is 0. The van der Waals surface area contributed by atoms with E-state index in [4.69, 9.17) is 0 Å². The molecule has 0 atom stereocenters. The van der Waals surface area contributed by atoms with E-state index >= 15 is 0 Å². The summed E-state index contributed by atoms with van der Waals surface area (Å²) in [5, 5.41) is 0. The SMILES string of the molecule is CC(C)BCS. The normalized spacial score (nSPS) is 9.33. The van der Waals surface area contributed by atoms with Crippen LogP contribution < -0.4 is 0 Å². The molecule has 0 nitrogen and oxygen atoms in total. The Hall–Kier alpha value is 0.415. The van der Waals surface area contributed by atoms with Crippen molar-refractivity contribution in [1.82, 2.24) is 0 Å². The Kier molecular flexibility index (Phi) is 3.85. The van der Waals surface area contributed by atoms with E-state index in [0.29, 0.717) is 0 Å². The lowest BCUT2D eigenvalue weighted by Gasteiger charge is -1.92. The van der Waals surface area contributed by atoms with Gasteiger partial charge in [0.2, 0.25) is 0 Å². The molecule has 6 heavy (non-hydrogen) atoms. The standard InChI is InChI=1S/C4H11BS/c1-4(2)5-3-6/h4-6H,3H2,1-2H3. The number of thiol groups is 1. The average molecular weight is 102 g/mol. The van der Waals surface area contributed by atoms with Crippen LogP contribution in [0.15, 0.2) is 0 Å². The van der Waals surface area contributed by atoms with Gasteiger partial charge in [0.25, 0.3) is 0 Å². The van der Waals surface area contributed by atoms with E-state index in [0.717, 1.165) is 11.5 Å². The molecule has 0 saturated heterocycles. The van der Waals surface area contributed by atoms with Crippen molar-refractivity contribution >= 4 is 19.9 Å². The zero-order valence-corrected chi connectivity index (χ0v) is 5.33. The molecule has 0 heterocycles. The van der Waals surface area contributed by atoms with Crippen LogP contribution in [0, 0.1) is 0 Å². The van der Waals surface area contributed by atoms with Crippen LogP contribution in [0.5, 0.6) is 0 Å². The monoisotopic (exact) mass is 102 g/mol. The van der Waals surface area contributed by atoms with Gasteiger partial charge in [0.1, 0.15) is 7.28 Å². The van der Waals surface area contributed by atoms with E-state index in [-0.39, 0.29) is 0 Å². The number of hydrogen-bond acceptors (Lipinski definition) is 1. The van der Waals surface area contributed by atoms with Crippen LogP contribution in [0.1, 0.15) is 13.8 Å². The molecule has 0 aromatic heterocycles. The first-order chi connectivity index (χ1) is 2.77. The van der Waals surface area contributed by atoms with Crippen molar-refractivity contribution in [2.75, 3.05) is 5.65 Å². The summed E-state index contributed by atoms with van der Waals surface area (Å²) in [6.07, 6.45) is 0. The Bertz CT molecular complexity index is 28.7. The van der Waals surface area contributed by atoms with E-state index in [2.05, 4.69) is 26.5 Å². The van der Waals surface area contributed by atoms with Gasteiger partial charge in [-0.05, 0) is 5.65 Å². The highest BCUT2D eigenvalue weighted by atomic mass is 32.1. The molecule has 36 valence electrons. The van der Waals surface area contributed by atoms with Gasteiger partial charge in [0, 0.05) is 0 Å². The molecule has 0 fully saturated rings. The van der Waals surface area contributed by atoms with Crippen LogP contribution in [0.3, 0.4) is 0 Å². The van der Waals surface area contributed by atoms with Gasteiger partial charge in [0.15, 0.2) is 0 Å². The molecule has 0 spiro atoms. The third-order valence-corrected chi connectivity index (χ3v) is 0.965. The summed E-state index contributed by atoms with van der Waals surface area (Å²) in [4.78, 5) is 0. The first-order valence-electron chi connectivity index (χ1n) is 2.38. The van der Waals surface area contributed by atoms with E-state index in [1.54, 1.807) is 0 Å². The van der Waals surface area contributed by atoms with Gasteiger partial charge < -0.3 is 0 Å². The fourth-order valence-electron chi connectivity index (χ4n) is 0.258. The van der Waals surface area contributed by atoms with Gasteiger partial charge in [0.05, 0.1) is 0 Å². The van der Waals surface area contributed by atoms with Gasteiger partial charge in [-0.25, -0.2) is 0 Å². The maximum absolute atomic E-state index is 4.06. The average Bonchev–Trinajstić information content (AvgIpc) is 1.35. The van der Waals surface area contributed by atoms with Gasteiger partial charge in [-0.1, -0.05) is 19.7 Å². The van der Waals surface area contributed by atoms with Crippen molar-refractivity contribution in [2.45, 2.75) is 19.7 Å². The summed E-state index contributed by atoms with van der Waals surface area (Å²) in [6.45, 7) is 4.41. The summed E-state index contributed by atoms with van der Waals surface area (Å²) >= 11 is 4.06. The Labute approximate surface area is 46.0 Å². The zero-order valence-electron chi connectivity index (χ0n) is 4.44. The zero-order chi connectivity index (χ0) is 4.99. The minimum Gasteiger partial charge on any atom is -0.188 e. The van der Waals surface area contributed by atoms with Crippen molar-refractivity contribution in [3.05, 3.63) is 0 Å². The van der Waals surface area contributed by atoms with Crippen LogP contribution in [-0.4, -0.2) is 12.9 Å². The first-order valence-corrected chi connectivity index (χ1v) is 3.01. The molecule has 2 heteroatoms. The summed E-state index contributed by atoms with van der Waals surface area (Å²) in [5.41, 5.74) is 1.03. The van der Waals surface area contributed by atoms with Crippen LogP contribution >= 0.6 is 12.6 Å². The lowest BCUT2D eigenvalue weighted by Crippen LogP contribution is -1.95. The van der Waals surface area contributed by atoms with Gasteiger partial charge in [-0.3, -0.25) is 0 Å². The molecular weight excluding hydrogens is 90.9 g/mol. The molecule has 0 N–H and O–H groups in total. The second-order valence-corrected chi connectivity index (χ2v) is 2.35. The topological polar surface area (TPSA) is 0 Å². The lowest BCUT2D eigenvalue weighted by molar-refractivity contribution is 1.06. The summed E-state index contributed by atoms with van der Waals surface area (Å²) in [7, 11) is 1.24. The molecule has 0 saturated carbocycles. The summed E-state index contributed by atoms with van der Waals surface area (Å²) in [5.74, 6) is 0.822. The fraction of sp³-hybridized carbons (Fsp3) is 1.00. The maximum atomic E-state index is 4.06. The molecule has 0 aromatic carbocycles. The fourth-order valence-corrected chi connectivity index (χ4v) is 0.775. The second-order valence-electron chi connectivity index (χ2n) is 1.91. The van der Waals surface area contributed by atoms with E-state index in [9.17, 15) is 0 Å². The first kappa shape index (κ1) is 6.41. The predicted octanol–water partition coefficient (Wildman–Crippen LogP) is 1.14. The summed E-state index contributed by atoms with van der Waals surface area (Å²) in [6, 6.07) is 0. The quantitative estimate of drug-likeness (QED) is 0.392. The molecule has 0 amide bonds. The molecule has 0 radical (unpaired) electrons. The highest BCUT2D eigenvalue weighted by Crippen LogP contribution is 1.95. The van der Waals surface area contributed by atoms with Crippen LogP contribution in [0.25, 0.3) is 0 Å². The van der Waals surface area contributed by atoms with E-state index in [1.807, 2.05) is 0 Å². The largest absolute Gasteiger partial charge is 0.188 e. The van der Waals surface area contributed by atoms with E-state index in [1.165, 1.54) is 7.28 Å². The minimum atomic E-state index is 0.822. The highest BCUT2D eigenvalue weighted by molar-refractivity contribution is 7.81. The molecule has 0 unspecified atom stereocenters. The van der Waals surface area contributed by atoms with Crippen molar-refractivity contribution in [3.63, 3.8) is 0 Å².